The van der Waals surface area contributed by atoms with Crippen LogP contribution in [0.1, 0.15) is 11.1 Å². The highest BCUT2D eigenvalue weighted by Crippen LogP contribution is 2.34. The number of sulfonamides is 1. The van der Waals surface area contributed by atoms with E-state index in [0.717, 1.165) is 17.7 Å². The maximum Gasteiger partial charge on any atom is 0.416 e. The summed E-state index contributed by atoms with van der Waals surface area (Å²) in [6.07, 6.45) is -5.59. The van der Waals surface area contributed by atoms with Crippen LogP contribution >= 0.6 is 0 Å². The predicted octanol–water partition coefficient (Wildman–Crippen LogP) is 5.00. The first-order valence-corrected chi connectivity index (χ1v) is 14.8. The molecule has 0 bridgehead atoms. The SMILES string of the molecule is O=C(NCc1ccccc1)[C@@H]1CN(C(=O)COc2ccc(S(=O)(=O)Nc3cccc(C(F)(F)F)c3)cc2)c2ccccc2O1. The lowest BCUT2D eigenvalue weighted by Crippen LogP contribution is -2.51. The van der Waals surface area contributed by atoms with E-state index in [2.05, 4.69) is 10.0 Å². The van der Waals surface area contributed by atoms with Crippen molar-refractivity contribution in [1.29, 1.82) is 0 Å². The lowest BCUT2D eigenvalue weighted by molar-refractivity contribution is -0.137. The topological polar surface area (TPSA) is 114 Å². The Bertz CT molecular complexity index is 1750. The average molecular weight is 626 g/mol. The van der Waals surface area contributed by atoms with Gasteiger partial charge in [0, 0.05) is 12.2 Å². The molecule has 2 N–H and O–H groups in total. The van der Waals surface area contributed by atoms with Crippen molar-refractivity contribution in [3.63, 3.8) is 0 Å². The van der Waals surface area contributed by atoms with Gasteiger partial charge >= 0.3 is 6.18 Å². The highest BCUT2D eigenvalue weighted by molar-refractivity contribution is 7.92. The number of halogens is 3. The molecule has 0 aromatic heterocycles. The van der Waals surface area contributed by atoms with Gasteiger partial charge in [0.1, 0.15) is 11.5 Å². The van der Waals surface area contributed by atoms with Crippen LogP contribution < -0.4 is 24.4 Å². The second-order valence-corrected chi connectivity index (χ2v) is 11.4. The number of amides is 2. The number of fused-ring (bicyclic) bond motifs is 1. The number of alkyl halides is 3. The van der Waals surface area contributed by atoms with Gasteiger partial charge in [-0.3, -0.25) is 14.3 Å². The molecule has 2 amide bonds. The fraction of sp³-hybridized carbons (Fsp3) is 0.161. The summed E-state index contributed by atoms with van der Waals surface area (Å²) in [4.78, 5) is 27.3. The smallest absolute Gasteiger partial charge is 0.416 e. The van der Waals surface area contributed by atoms with Crippen molar-refractivity contribution in [2.45, 2.75) is 23.7 Å². The average Bonchev–Trinajstić information content (AvgIpc) is 3.02. The van der Waals surface area contributed by atoms with Gasteiger partial charge < -0.3 is 19.7 Å². The molecule has 1 heterocycles. The molecule has 0 unspecified atom stereocenters. The molecule has 228 valence electrons. The molecule has 0 aliphatic carbocycles. The zero-order valence-electron chi connectivity index (χ0n) is 23.0. The molecule has 0 spiro atoms. The second kappa shape index (κ2) is 12.7. The van der Waals surface area contributed by atoms with Crippen molar-refractivity contribution in [2.75, 3.05) is 22.8 Å². The Labute approximate surface area is 251 Å². The highest BCUT2D eigenvalue weighted by atomic mass is 32.2. The lowest BCUT2D eigenvalue weighted by atomic mass is 10.1. The molecule has 9 nitrogen and oxygen atoms in total. The predicted molar refractivity (Wildman–Crippen MR) is 156 cm³/mol. The molecule has 44 heavy (non-hydrogen) atoms. The molecular weight excluding hydrogens is 599 g/mol. The van der Waals surface area contributed by atoms with Crippen LogP contribution in [0, 0.1) is 0 Å². The Hall–Kier alpha value is -5.04. The van der Waals surface area contributed by atoms with E-state index in [9.17, 15) is 31.2 Å². The van der Waals surface area contributed by atoms with Gasteiger partial charge in [-0.05, 0) is 60.2 Å². The molecule has 0 fully saturated rings. The molecule has 0 saturated carbocycles. The van der Waals surface area contributed by atoms with Gasteiger partial charge in [0.15, 0.2) is 12.7 Å². The van der Waals surface area contributed by atoms with E-state index >= 15 is 0 Å². The van der Waals surface area contributed by atoms with Gasteiger partial charge in [-0.2, -0.15) is 13.2 Å². The quantitative estimate of drug-likeness (QED) is 0.271. The molecule has 5 rings (SSSR count). The molecule has 4 aromatic carbocycles. The summed E-state index contributed by atoms with van der Waals surface area (Å²) >= 11 is 0. The first kappa shape index (κ1) is 30.4. The maximum absolute atomic E-state index is 13.2. The van der Waals surface area contributed by atoms with Crippen LogP contribution in [0.3, 0.4) is 0 Å². The van der Waals surface area contributed by atoms with E-state index in [4.69, 9.17) is 9.47 Å². The monoisotopic (exact) mass is 625 g/mol. The van der Waals surface area contributed by atoms with Crippen molar-refractivity contribution < 1.29 is 40.7 Å². The van der Waals surface area contributed by atoms with E-state index < -0.39 is 46.3 Å². The zero-order chi connectivity index (χ0) is 31.3. The minimum Gasteiger partial charge on any atom is -0.484 e. The van der Waals surface area contributed by atoms with Crippen LogP contribution in [0.15, 0.2) is 108 Å². The molecule has 1 atom stereocenters. The number of rotatable bonds is 9. The Morgan fingerprint density at radius 3 is 2.34 bits per heavy atom. The van der Waals surface area contributed by atoms with Gasteiger partial charge in [0.05, 0.1) is 22.7 Å². The fourth-order valence-electron chi connectivity index (χ4n) is 4.42. The van der Waals surface area contributed by atoms with Gasteiger partial charge in [0.2, 0.25) is 0 Å². The van der Waals surface area contributed by atoms with Gasteiger partial charge in [-0.15, -0.1) is 0 Å². The third-order valence-corrected chi connectivity index (χ3v) is 8.01. The first-order valence-electron chi connectivity index (χ1n) is 13.3. The Morgan fingerprint density at radius 1 is 0.909 bits per heavy atom. The highest BCUT2D eigenvalue weighted by Gasteiger charge is 2.34. The van der Waals surface area contributed by atoms with Crippen LogP contribution in [-0.2, 0) is 32.3 Å². The Balaban J connectivity index is 1.22. The molecule has 13 heteroatoms. The number of hydrogen-bond acceptors (Lipinski definition) is 6. The number of nitrogens with zero attached hydrogens (tertiary/aromatic N) is 1. The summed E-state index contributed by atoms with van der Waals surface area (Å²) < 4.78 is 78.1. The van der Waals surface area contributed by atoms with E-state index in [0.29, 0.717) is 24.0 Å². The number of para-hydroxylation sites is 2. The number of hydrogen-bond donors (Lipinski definition) is 2. The summed E-state index contributed by atoms with van der Waals surface area (Å²) in [5, 5.41) is 2.82. The number of nitrogens with one attached hydrogen (secondary N) is 2. The number of benzene rings is 4. The molecular formula is C31H26F3N3O6S. The Morgan fingerprint density at radius 2 is 1.61 bits per heavy atom. The molecule has 1 aliphatic rings. The summed E-state index contributed by atoms with van der Waals surface area (Å²) in [5.41, 5.74) is 0.135. The molecule has 0 saturated heterocycles. The van der Waals surface area contributed by atoms with Crippen molar-refractivity contribution in [3.8, 4) is 11.5 Å². The normalized spacial score (nSPS) is 14.6. The van der Waals surface area contributed by atoms with Crippen LogP contribution in [0.2, 0.25) is 0 Å². The second-order valence-electron chi connectivity index (χ2n) is 9.73. The molecule has 0 radical (unpaired) electrons. The zero-order valence-corrected chi connectivity index (χ0v) is 23.8. The van der Waals surface area contributed by atoms with E-state index in [1.807, 2.05) is 30.3 Å². The van der Waals surface area contributed by atoms with Gasteiger partial charge in [-0.25, -0.2) is 8.42 Å². The van der Waals surface area contributed by atoms with Crippen LogP contribution in [0.25, 0.3) is 0 Å². The fourth-order valence-corrected chi connectivity index (χ4v) is 5.47. The summed E-state index contributed by atoms with van der Waals surface area (Å²) in [7, 11) is -4.21. The van der Waals surface area contributed by atoms with Gasteiger partial charge in [-0.1, -0.05) is 48.5 Å². The summed E-state index contributed by atoms with van der Waals surface area (Å²) in [5.74, 6) is -0.327. The Kier molecular flexibility index (Phi) is 8.76. The van der Waals surface area contributed by atoms with Gasteiger partial charge in [0.25, 0.3) is 21.8 Å². The van der Waals surface area contributed by atoms with Crippen molar-refractivity contribution >= 4 is 33.2 Å². The minimum absolute atomic E-state index is 0.0573. The number of carbonyl (C=O) groups excluding carboxylic acids is 2. The van der Waals surface area contributed by atoms with Crippen molar-refractivity contribution in [1.82, 2.24) is 5.32 Å². The van der Waals surface area contributed by atoms with Crippen molar-refractivity contribution in [3.05, 3.63) is 114 Å². The minimum atomic E-state index is -4.63. The van der Waals surface area contributed by atoms with Crippen LogP contribution in [0.4, 0.5) is 24.5 Å². The number of anilines is 2. The van der Waals surface area contributed by atoms with E-state index in [-0.39, 0.29) is 22.9 Å². The lowest BCUT2D eigenvalue weighted by Gasteiger charge is -2.34. The molecule has 4 aromatic rings. The van der Waals surface area contributed by atoms with E-state index in [1.54, 1.807) is 24.3 Å². The largest absolute Gasteiger partial charge is 0.484 e. The van der Waals surface area contributed by atoms with Crippen LogP contribution in [-0.4, -0.2) is 39.5 Å². The first-order chi connectivity index (χ1) is 21.0. The third-order valence-electron chi connectivity index (χ3n) is 6.62. The van der Waals surface area contributed by atoms with Crippen molar-refractivity contribution in [2.24, 2.45) is 0 Å². The maximum atomic E-state index is 13.2. The number of carbonyl (C=O) groups is 2. The van der Waals surface area contributed by atoms with E-state index in [1.165, 1.54) is 35.2 Å². The third kappa shape index (κ3) is 7.29. The standard InChI is InChI=1S/C31H26F3N3O6S/c32-31(33,34)22-9-6-10-23(17-22)36-44(40,41)25-15-13-24(14-16-25)42-20-29(38)37-19-28(43-27-12-5-4-11-26(27)37)30(39)35-18-21-7-2-1-3-8-21/h1-17,28,36H,18-20H2,(H,35,39)/t28-/m0/s1. The summed E-state index contributed by atoms with van der Waals surface area (Å²) in [6.45, 7) is -0.196. The van der Waals surface area contributed by atoms with Crippen LogP contribution in [0.5, 0.6) is 11.5 Å². The number of ether oxygens (including phenoxy) is 2. The molecule has 1 aliphatic heterocycles. The summed E-state index contributed by atoms with van der Waals surface area (Å²) in [6, 6.07) is 25.0.